The number of ether oxygens (including phenoxy) is 5. The Balaban J connectivity index is 0.000000163. The van der Waals surface area contributed by atoms with E-state index in [4.69, 9.17) is 33.7 Å². The third-order valence-electron chi connectivity index (χ3n) is 20.7. The van der Waals surface area contributed by atoms with Gasteiger partial charge in [-0.05, 0) is 113 Å². The van der Waals surface area contributed by atoms with Crippen molar-refractivity contribution in [3.63, 3.8) is 0 Å². The number of likely N-dealkylation sites (N-methyl/N-ethyl adjacent to an activating group) is 2. The summed E-state index contributed by atoms with van der Waals surface area (Å²) in [5.41, 5.74) is 5.61. The number of nitrogens with zero attached hydrogens (tertiary/aromatic N) is 19. The number of aromatic amines is 3. The van der Waals surface area contributed by atoms with E-state index >= 15 is 0 Å². The molecule has 1 atom stereocenters. The standard InChI is InChI=1S/C29H37N7O4S.C27H34N8O5S.C23H33N7O5S/c1-4-13-34-14-16-35(17-15-34)41(38,39)22-10-11-25(40-18-5-2)23(19-22)28-31-26-24(6-3)36(33-27(26)29(37)32-28)20-21-9-7-8-12-30-21;1-4-22-23-24(32-35(22)18-19-8-6-7-9-28-19)26(36)31-25(30-23)21-16-20(17-29-27(21)40-15-14-39-3)41(37,38)34-12-10-33(5-2)11-13-34;1-6-18-19-20(27-28(18)4)22(31)26-21(25-19)17-12-16(13-24-23(17)35-15(3)14-34-5)36(32,33)30-10-8-29(7-2)9-11-30/h7-12,19H,4-6,13-18,20H2,1-3H3,(H,31,32,37);6-9,16-17H,4-5,10-15,18H2,1-3H3,(H,30,31,36);12-13,15H,6-11,14H2,1-5H3,(H,25,26,31)/t;;15-/m..1/s1. The van der Waals surface area contributed by atoms with Crippen molar-refractivity contribution in [1.29, 1.82) is 0 Å². The van der Waals surface area contributed by atoms with Gasteiger partial charge in [0.05, 0.1) is 95.4 Å². The first-order valence-corrected chi connectivity index (χ1v) is 44.2. The van der Waals surface area contributed by atoms with Crippen molar-refractivity contribution in [2.45, 2.75) is 121 Å². The highest BCUT2D eigenvalue weighted by Gasteiger charge is 2.35. The first-order chi connectivity index (χ1) is 56.9. The lowest BCUT2D eigenvalue weighted by molar-refractivity contribution is 0.0893. The van der Waals surface area contributed by atoms with E-state index in [0.717, 1.165) is 60.9 Å². The van der Waals surface area contributed by atoms with Crippen LogP contribution in [0.1, 0.15) is 96.7 Å². The summed E-state index contributed by atoms with van der Waals surface area (Å²) in [6, 6.07) is 19.0. The van der Waals surface area contributed by atoms with Crippen molar-refractivity contribution in [3.8, 4) is 51.7 Å². The maximum atomic E-state index is 13.7. The molecular formula is C79H104N22O14S3. The third-order valence-corrected chi connectivity index (χ3v) is 26.3. The minimum absolute atomic E-state index is 0.000785. The number of H-pyrrole nitrogens is 3. The summed E-state index contributed by atoms with van der Waals surface area (Å²) in [6.45, 7) is 27.1. The fraction of sp³-hybridized carbons (Fsp3) is 0.481. The van der Waals surface area contributed by atoms with E-state index in [0.29, 0.717) is 159 Å². The Labute approximate surface area is 685 Å². The summed E-state index contributed by atoms with van der Waals surface area (Å²) in [4.78, 5) is 86.3. The van der Waals surface area contributed by atoms with Crippen molar-refractivity contribution >= 4 is 63.2 Å². The molecule has 3 fully saturated rings. The molecule has 3 aliphatic rings. The number of hydrogen-bond donors (Lipinski definition) is 3. The van der Waals surface area contributed by atoms with E-state index in [1.54, 1.807) is 65.9 Å². The summed E-state index contributed by atoms with van der Waals surface area (Å²) < 4.78 is 119. The van der Waals surface area contributed by atoms with Crippen LogP contribution in [-0.4, -0.2) is 277 Å². The Bertz CT molecular complexity index is 5840. The van der Waals surface area contributed by atoms with Crippen LogP contribution in [0.5, 0.6) is 17.5 Å². The highest BCUT2D eigenvalue weighted by Crippen LogP contribution is 2.36. The van der Waals surface area contributed by atoms with Crippen molar-refractivity contribution in [1.82, 2.24) is 107 Å². The maximum Gasteiger partial charge on any atom is 0.279 e. The number of aryl methyl sites for hydroxylation is 4. The van der Waals surface area contributed by atoms with Crippen molar-refractivity contribution in [3.05, 3.63) is 151 Å². The average molecular weight is 1680 g/mol. The molecule has 3 saturated heterocycles. The van der Waals surface area contributed by atoms with Crippen LogP contribution < -0.4 is 30.9 Å². The predicted molar refractivity (Wildman–Crippen MR) is 444 cm³/mol. The number of fused-ring (bicyclic) bond motifs is 3. The number of pyridine rings is 4. The summed E-state index contributed by atoms with van der Waals surface area (Å²) >= 11 is 0. The van der Waals surface area contributed by atoms with Crippen LogP contribution in [0.3, 0.4) is 0 Å². The van der Waals surface area contributed by atoms with Gasteiger partial charge in [-0.3, -0.25) is 38.4 Å². The minimum atomic E-state index is -3.84. The van der Waals surface area contributed by atoms with Crippen LogP contribution in [0.4, 0.5) is 0 Å². The molecule has 632 valence electrons. The molecule has 10 aromatic heterocycles. The van der Waals surface area contributed by atoms with Crippen LogP contribution in [0.15, 0.2) is 121 Å². The van der Waals surface area contributed by atoms with Crippen LogP contribution in [0.2, 0.25) is 0 Å². The summed E-state index contributed by atoms with van der Waals surface area (Å²) in [5.74, 6) is 1.29. The number of rotatable bonds is 31. The van der Waals surface area contributed by atoms with Gasteiger partial charge in [-0.15, -0.1) is 0 Å². The number of nitrogens with one attached hydrogen (secondary N) is 3. The second-order valence-electron chi connectivity index (χ2n) is 28.5. The first kappa shape index (κ1) is 87.1. The predicted octanol–water partition coefficient (Wildman–Crippen LogP) is 5.86. The van der Waals surface area contributed by atoms with Crippen LogP contribution >= 0.6 is 0 Å². The molecule has 0 bridgehead atoms. The number of hydrogen-bond acceptors (Lipinski definition) is 27. The fourth-order valence-corrected chi connectivity index (χ4v) is 18.6. The number of methoxy groups -OCH3 is 2. The molecule has 13 heterocycles. The second-order valence-corrected chi connectivity index (χ2v) is 34.3. The van der Waals surface area contributed by atoms with Gasteiger partial charge in [-0.2, -0.15) is 28.2 Å². The van der Waals surface area contributed by atoms with Gasteiger partial charge in [0.1, 0.15) is 62.3 Å². The van der Waals surface area contributed by atoms with Crippen LogP contribution in [0.25, 0.3) is 67.3 Å². The molecule has 0 spiro atoms. The monoisotopic (exact) mass is 1680 g/mol. The number of sulfonamides is 3. The SMILES string of the molecule is CCCOc1ccc(S(=O)(=O)N2CCN(CCC)CC2)cc1-c1nc2c(CC)n(Cc3ccccn3)nc2c(=O)[nH]1.CCc1c2nc(-c3cc(S(=O)(=O)N4CCN(CC)CC4)cnc3OCCOC)[nH]c(=O)c2nn1Cc1ccccn1.CCc1c2nc(-c3cc(S(=O)(=O)N4CCN(CC)CC4)cnc3O[C@H](C)COC)[nH]c(=O)c2nn1C. The van der Waals surface area contributed by atoms with Gasteiger partial charge in [-0.1, -0.05) is 60.6 Å². The maximum absolute atomic E-state index is 13.7. The number of piperazine rings is 3. The highest BCUT2D eigenvalue weighted by atomic mass is 32.2. The van der Waals surface area contributed by atoms with E-state index in [9.17, 15) is 39.6 Å². The Kier molecular flexibility index (Phi) is 28.9. The lowest BCUT2D eigenvalue weighted by Gasteiger charge is -2.33. The van der Waals surface area contributed by atoms with Crippen molar-refractivity contribution in [2.24, 2.45) is 7.05 Å². The van der Waals surface area contributed by atoms with E-state index in [-0.39, 0.29) is 84.3 Å². The minimum Gasteiger partial charge on any atom is -0.493 e. The topological polar surface area (TPSA) is 410 Å². The van der Waals surface area contributed by atoms with Crippen molar-refractivity contribution in [2.75, 3.05) is 139 Å². The summed E-state index contributed by atoms with van der Waals surface area (Å²) in [6.07, 6.45) is 9.21. The van der Waals surface area contributed by atoms with Crippen LogP contribution in [0, 0.1) is 0 Å². The molecule has 118 heavy (non-hydrogen) atoms. The lowest BCUT2D eigenvalue weighted by Crippen LogP contribution is -2.48. The van der Waals surface area contributed by atoms with Gasteiger partial charge in [0.15, 0.2) is 16.6 Å². The van der Waals surface area contributed by atoms with Gasteiger partial charge in [0.2, 0.25) is 41.8 Å². The Morgan fingerprint density at radius 2 is 0.890 bits per heavy atom. The summed E-state index contributed by atoms with van der Waals surface area (Å²) in [7, 11) is -6.54. The molecule has 39 heteroatoms. The van der Waals surface area contributed by atoms with Crippen LogP contribution in [-0.2, 0) is 78.9 Å². The zero-order chi connectivity index (χ0) is 84.0. The lowest BCUT2D eigenvalue weighted by atomic mass is 10.1. The summed E-state index contributed by atoms with van der Waals surface area (Å²) in [5, 5.41) is 13.4. The Morgan fingerprint density at radius 1 is 0.449 bits per heavy atom. The van der Waals surface area contributed by atoms with Crippen molar-refractivity contribution < 1.29 is 48.9 Å². The van der Waals surface area contributed by atoms with E-state index < -0.39 is 46.7 Å². The Hall–Kier alpha value is -10.2. The van der Waals surface area contributed by atoms with Gasteiger partial charge >= 0.3 is 0 Å². The molecule has 3 aliphatic heterocycles. The molecule has 36 nitrogen and oxygen atoms in total. The van der Waals surface area contributed by atoms with E-state index in [1.807, 2.05) is 71.0 Å². The van der Waals surface area contributed by atoms with Gasteiger partial charge < -0.3 is 53.3 Å². The number of benzene rings is 1. The molecular weight excluding hydrogens is 1580 g/mol. The highest BCUT2D eigenvalue weighted by molar-refractivity contribution is 7.89. The smallest absolute Gasteiger partial charge is 0.279 e. The molecule has 0 radical (unpaired) electrons. The first-order valence-electron chi connectivity index (χ1n) is 39.9. The van der Waals surface area contributed by atoms with E-state index in [2.05, 4.69) is 90.6 Å². The van der Waals surface area contributed by atoms with E-state index in [1.165, 1.54) is 37.4 Å². The molecule has 0 amide bonds. The molecule has 3 N–H and O–H groups in total. The molecule has 0 unspecified atom stereocenters. The molecule has 11 aromatic rings. The molecule has 1 aromatic carbocycles. The number of aromatic nitrogens is 16. The second kappa shape index (κ2) is 39.1. The normalized spacial score (nSPS) is 15.4. The fourth-order valence-electron chi connectivity index (χ4n) is 14.4. The van der Waals surface area contributed by atoms with Gasteiger partial charge in [0, 0.05) is 112 Å². The Morgan fingerprint density at radius 3 is 1.33 bits per heavy atom. The van der Waals surface area contributed by atoms with Gasteiger partial charge in [-0.25, -0.2) is 50.2 Å². The third kappa shape index (κ3) is 19.5. The molecule has 0 saturated carbocycles. The molecule has 0 aliphatic carbocycles. The zero-order valence-corrected chi connectivity index (χ0v) is 71.0. The zero-order valence-electron chi connectivity index (χ0n) is 68.6. The molecule has 14 rings (SSSR count). The average Bonchev–Trinajstić information content (AvgIpc) is 1.58. The van der Waals surface area contributed by atoms with Gasteiger partial charge in [0.25, 0.3) is 16.7 Å². The quantitative estimate of drug-likeness (QED) is 0.0428. The largest absolute Gasteiger partial charge is 0.493 e.